The highest BCUT2D eigenvalue weighted by molar-refractivity contribution is 5.80. The molecule has 1 unspecified atom stereocenters. The van der Waals surface area contributed by atoms with Gasteiger partial charge in [-0.15, -0.1) is 0 Å². The Hall–Kier alpha value is -1.83. The Labute approximate surface area is 167 Å². The molecule has 7 heteroatoms. The fourth-order valence-corrected chi connectivity index (χ4v) is 4.19. The van der Waals surface area contributed by atoms with Crippen LogP contribution in [0.2, 0.25) is 0 Å². The molecule has 3 atom stereocenters. The van der Waals surface area contributed by atoms with Crippen molar-refractivity contribution < 1.29 is 28.5 Å². The molecule has 1 aliphatic rings. The second-order valence-electron chi connectivity index (χ2n) is 7.03. The molecule has 158 valence electrons. The monoisotopic (exact) mass is 395 g/mol. The molecule has 2 rings (SSSR count). The molecule has 0 heterocycles. The highest BCUT2D eigenvalue weighted by Crippen LogP contribution is 2.50. The zero-order chi connectivity index (χ0) is 20.5. The van der Waals surface area contributed by atoms with Gasteiger partial charge in [0.15, 0.2) is 13.6 Å². The van der Waals surface area contributed by atoms with E-state index >= 15 is 0 Å². The minimum absolute atomic E-state index is 0.0403. The molecule has 0 saturated heterocycles. The quantitative estimate of drug-likeness (QED) is 0.581. The molecule has 0 aliphatic heterocycles. The molecule has 1 aromatic carbocycles. The molecule has 1 aliphatic carbocycles. The van der Waals surface area contributed by atoms with Crippen LogP contribution in [-0.4, -0.2) is 47.9 Å². The van der Waals surface area contributed by atoms with Crippen LogP contribution in [0.5, 0.6) is 11.5 Å². The van der Waals surface area contributed by atoms with Crippen molar-refractivity contribution in [1.82, 2.24) is 5.32 Å². The Kier molecular flexibility index (Phi) is 9.02. The summed E-state index contributed by atoms with van der Waals surface area (Å²) in [7, 11) is 6.50. The topological polar surface area (TPSA) is 75.3 Å². The van der Waals surface area contributed by atoms with E-state index in [0.29, 0.717) is 24.0 Å². The van der Waals surface area contributed by atoms with E-state index in [4.69, 9.17) is 23.7 Å². The maximum Gasteiger partial charge on any atom is 0.223 e. The molecule has 1 aromatic rings. The molecular weight excluding hydrogens is 362 g/mol. The van der Waals surface area contributed by atoms with Crippen molar-refractivity contribution in [3.63, 3.8) is 0 Å². The average molecular weight is 395 g/mol. The van der Waals surface area contributed by atoms with Crippen LogP contribution in [0.3, 0.4) is 0 Å². The zero-order valence-corrected chi connectivity index (χ0v) is 17.6. The van der Waals surface area contributed by atoms with Crippen molar-refractivity contribution in [2.75, 3.05) is 42.0 Å². The van der Waals surface area contributed by atoms with Gasteiger partial charge in [0.05, 0.1) is 6.61 Å². The summed E-state index contributed by atoms with van der Waals surface area (Å²) in [5.41, 5.74) is 1.83. The van der Waals surface area contributed by atoms with Crippen molar-refractivity contribution in [3.8, 4) is 11.5 Å². The third kappa shape index (κ3) is 5.16. The lowest BCUT2D eigenvalue weighted by Gasteiger charge is -2.28. The first-order valence-corrected chi connectivity index (χ1v) is 9.71. The first kappa shape index (κ1) is 22.5. The van der Waals surface area contributed by atoms with Crippen LogP contribution in [0.1, 0.15) is 43.2 Å². The van der Waals surface area contributed by atoms with E-state index in [-0.39, 0.29) is 31.3 Å². The van der Waals surface area contributed by atoms with Gasteiger partial charge in [0, 0.05) is 51.3 Å². The third-order valence-corrected chi connectivity index (χ3v) is 5.39. The molecule has 0 spiro atoms. The van der Waals surface area contributed by atoms with E-state index in [1.807, 2.05) is 12.1 Å². The number of carbonyl (C=O) groups excluding carboxylic acids is 1. The van der Waals surface area contributed by atoms with E-state index in [1.54, 1.807) is 28.4 Å². The summed E-state index contributed by atoms with van der Waals surface area (Å²) in [6.45, 7) is 2.80. The predicted octanol–water partition coefficient (Wildman–Crippen LogP) is 3.06. The molecule has 0 bridgehead atoms. The van der Waals surface area contributed by atoms with Gasteiger partial charge in [-0.2, -0.15) is 0 Å². The molecule has 1 saturated carbocycles. The van der Waals surface area contributed by atoms with Crippen molar-refractivity contribution >= 4 is 5.91 Å². The summed E-state index contributed by atoms with van der Waals surface area (Å²) in [4.78, 5) is 12.6. The average Bonchev–Trinajstić information content (AvgIpc) is 3.14. The van der Waals surface area contributed by atoms with Crippen LogP contribution in [0, 0.1) is 11.8 Å². The SMILES string of the molecule is CCC1CC[C@H](C(=O)NC)[C@@H]1c1cc(OCOC)cc(COC)c1OCOC. The first-order chi connectivity index (χ1) is 13.6. The first-order valence-electron chi connectivity index (χ1n) is 9.71. The Balaban J connectivity index is 2.57. The van der Waals surface area contributed by atoms with Gasteiger partial charge < -0.3 is 29.0 Å². The highest BCUT2D eigenvalue weighted by atomic mass is 16.7. The number of methoxy groups -OCH3 is 3. The minimum atomic E-state index is -0.104. The van der Waals surface area contributed by atoms with Gasteiger partial charge in [-0.25, -0.2) is 0 Å². The van der Waals surface area contributed by atoms with Gasteiger partial charge >= 0.3 is 0 Å². The summed E-state index contributed by atoms with van der Waals surface area (Å²) < 4.78 is 27.3. The van der Waals surface area contributed by atoms with Crippen LogP contribution >= 0.6 is 0 Å². The Morgan fingerprint density at radius 2 is 1.79 bits per heavy atom. The molecule has 1 fully saturated rings. The number of nitrogens with one attached hydrogen (secondary N) is 1. The second-order valence-corrected chi connectivity index (χ2v) is 7.03. The number of benzene rings is 1. The predicted molar refractivity (Wildman–Crippen MR) is 105 cm³/mol. The lowest BCUT2D eigenvalue weighted by molar-refractivity contribution is -0.124. The summed E-state index contributed by atoms with van der Waals surface area (Å²) in [5.74, 6) is 1.78. The van der Waals surface area contributed by atoms with Crippen LogP contribution in [0.4, 0.5) is 0 Å². The fourth-order valence-electron chi connectivity index (χ4n) is 4.19. The fraction of sp³-hybridized carbons (Fsp3) is 0.667. The van der Waals surface area contributed by atoms with Gasteiger partial charge in [0.1, 0.15) is 11.5 Å². The second kappa shape index (κ2) is 11.2. The minimum Gasteiger partial charge on any atom is -0.468 e. The van der Waals surface area contributed by atoms with Crippen molar-refractivity contribution in [2.24, 2.45) is 11.8 Å². The Bertz CT molecular complexity index is 636. The van der Waals surface area contributed by atoms with Gasteiger partial charge in [-0.05, 0) is 30.9 Å². The van der Waals surface area contributed by atoms with Crippen LogP contribution < -0.4 is 14.8 Å². The van der Waals surface area contributed by atoms with Crippen molar-refractivity contribution in [3.05, 3.63) is 23.3 Å². The summed E-state index contributed by atoms with van der Waals surface area (Å²) in [6.07, 6.45) is 2.85. The van der Waals surface area contributed by atoms with Crippen LogP contribution in [0.25, 0.3) is 0 Å². The molecule has 0 radical (unpaired) electrons. The number of hydrogen-bond donors (Lipinski definition) is 1. The van der Waals surface area contributed by atoms with Crippen molar-refractivity contribution in [2.45, 2.75) is 38.7 Å². The van der Waals surface area contributed by atoms with Gasteiger partial charge in [0.2, 0.25) is 5.91 Å². The largest absolute Gasteiger partial charge is 0.468 e. The molecule has 7 nitrogen and oxygen atoms in total. The summed E-state index contributed by atoms with van der Waals surface area (Å²) >= 11 is 0. The molecule has 1 amide bonds. The third-order valence-electron chi connectivity index (χ3n) is 5.39. The number of rotatable bonds is 11. The maximum atomic E-state index is 12.6. The lowest BCUT2D eigenvalue weighted by atomic mass is 9.80. The summed E-state index contributed by atoms with van der Waals surface area (Å²) in [5, 5.41) is 2.82. The molecular formula is C21H33NO6. The van der Waals surface area contributed by atoms with Gasteiger partial charge in [0.25, 0.3) is 0 Å². The van der Waals surface area contributed by atoms with Gasteiger partial charge in [-0.3, -0.25) is 4.79 Å². The highest BCUT2D eigenvalue weighted by Gasteiger charge is 2.42. The number of amides is 1. The van der Waals surface area contributed by atoms with E-state index in [1.165, 1.54) is 0 Å². The van der Waals surface area contributed by atoms with E-state index < -0.39 is 0 Å². The number of ether oxygens (including phenoxy) is 5. The van der Waals surface area contributed by atoms with E-state index in [9.17, 15) is 4.79 Å². The standard InChI is InChI=1S/C21H33NO6/c1-6-14-7-8-17(21(23)22-2)19(14)18-10-16(27-12-25-4)9-15(11-24-3)20(18)28-13-26-5/h9-10,14,17,19H,6-8,11-13H2,1-5H3,(H,22,23)/t14?,17-,19+/m0/s1. The van der Waals surface area contributed by atoms with Crippen LogP contribution in [-0.2, 0) is 25.6 Å². The van der Waals surface area contributed by atoms with Crippen LogP contribution in [0.15, 0.2) is 12.1 Å². The Morgan fingerprint density at radius 3 is 2.39 bits per heavy atom. The van der Waals surface area contributed by atoms with Crippen molar-refractivity contribution in [1.29, 1.82) is 0 Å². The number of carbonyl (C=O) groups is 1. The smallest absolute Gasteiger partial charge is 0.223 e. The summed E-state index contributed by atoms with van der Waals surface area (Å²) in [6, 6.07) is 3.86. The lowest BCUT2D eigenvalue weighted by Crippen LogP contribution is -2.30. The normalized spacial score (nSPS) is 21.5. The number of hydrogen-bond acceptors (Lipinski definition) is 6. The zero-order valence-electron chi connectivity index (χ0n) is 17.6. The molecule has 0 aromatic heterocycles. The molecule has 28 heavy (non-hydrogen) atoms. The van der Waals surface area contributed by atoms with E-state index in [0.717, 1.165) is 30.4 Å². The van der Waals surface area contributed by atoms with E-state index in [2.05, 4.69) is 12.2 Å². The molecule has 1 N–H and O–H groups in total. The van der Waals surface area contributed by atoms with Gasteiger partial charge in [-0.1, -0.05) is 13.3 Å². The Morgan fingerprint density at radius 1 is 1.07 bits per heavy atom. The maximum absolute atomic E-state index is 12.6.